The van der Waals surface area contributed by atoms with Gasteiger partial charge in [-0.15, -0.1) is 0 Å². The second-order valence-electron chi connectivity index (χ2n) is 6.71. The van der Waals surface area contributed by atoms with Crippen molar-refractivity contribution in [2.75, 3.05) is 11.6 Å². The Morgan fingerprint density at radius 3 is 2.71 bits per heavy atom. The molecule has 128 valence electrons. The van der Waals surface area contributed by atoms with Gasteiger partial charge in [0.25, 0.3) is 5.91 Å². The van der Waals surface area contributed by atoms with Crippen molar-refractivity contribution in [2.24, 2.45) is 5.92 Å². The SMILES string of the molecule is Cc1cc(C(=O)Nc2cccc(CS(C)=O)c2)c(C)n1CC1CC1. The molecule has 4 nitrogen and oxygen atoms in total. The van der Waals surface area contributed by atoms with Crippen molar-refractivity contribution in [3.8, 4) is 0 Å². The van der Waals surface area contributed by atoms with Gasteiger partial charge in [0.05, 0.1) is 5.56 Å². The number of rotatable bonds is 6. The van der Waals surface area contributed by atoms with Gasteiger partial charge in [0, 0.05) is 46.4 Å². The van der Waals surface area contributed by atoms with E-state index in [4.69, 9.17) is 0 Å². The quantitative estimate of drug-likeness (QED) is 0.870. The Bertz CT molecular complexity index is 791. The Labute approximate surface area is 145 Å². The van der Waals surface area contributed by atoms with E-state index in [-0.39, 0.29) is 5.91 Å². The average molecular weight is 344 g/mol. The molecule has 0 aliphatic heterocycles. The first-order chi connectivity index (χ1) is 11.4. The van der Waals surface area contributed by atoms with Crippen LogP contribution < -0.4 is 5.32 Å². The van der Waals surface area contributed by atoms with Gasteiger partial charge in [0.2, 0.25) is 0 Å². The number of amides is 1. The zero-order chi connectivity index (χ0) is 17.3. The molecule has 2 aromatic rings. The first-order valence-electron chi connectivity index (χ1n) is 8.31. The van der Waals surface area contributed by atoms with Crippen LogP contribution in [-0.4, -0.2) is 20.9 Å². The molecule has 1 atom stereocenters. The van der Waals surface area contributed by atoms with E-state index in [0.717, 1.165) is 40.7 Å². The summed E-state index contributed by atoms with van der Waals surface area (Å²) in [6, 6.07) is 9.54. The Kier molecular flexibility index (Phi) is 4.90. The minimum absolute atomic E-state index is 0.0834. The molecule has 5 heteroatoms. The van der Waals surface area contributed by atoms with E-state index < -0.39 is 10.8 Å². The van der Waals surface area contributed by atoms with Crippen molar-refractivity contribution >= 4 is 22.4 Å². The molecule has 1 saturated carbocycles. The van der Waals surface area contributed by atoms with Crippen LogP contribution in [0, 0.1) is 19.8 Å². The number of nitrogens with one attached hydrogen (secondary N) is 1. The number of hydrogen-bond donors (Lipinski definition) is 1. The van der Waals surface area contributed by atoms with Crippen LogP contribution in [0.5, 0.6) is 0 Å². The second-order valence-corrected chi connectivity index (χ2v) is 8.15. The van der Waals surface area contributed by atoms with E-state index in [1.807, 2.05) is 37.3 Å². The minimum atomic E-state index is -0.893. The standard InChI is InChI=1S/C19H24N2O2S/c1-13-9-18(14(2)21(13)11-15-7-8-15)19(22)20-17-6-4-5-16(10-17)12-24(3)23/h4-6,9-10,15H,7-8,11-12H2,1-3H3,(H,20,22). The fourth-order valence-corrected chi connectivity index (χ4v) is 3.69. The van der Waals surface area contributed by atoms with E-state index in [0.29, 0.717) is 5.75 Å². The highest BCUT2D eigenvalue weighted by atomic mass is 32.2. The van der Waals surface area contributed by atoms with E-state index >= 15 is 0 Å². The van der Waals surface area contributed by atoms with Crippen molar-refractivity contribution < 1.29 is 9.00 Å². The summed E-state index contributed by atoms with van der Waals surface area (Å²) in [6.07, 6.45) is 4.27. The van der Waals surface area contributed by atoms with Gasteiger partial charge in [0.15, 0.2) is 0 Å². The van der Waals surface area contributed by atoms with Crippen LogP contribution >= 0.6 is 0 Å². The predicted octanol–water partition coefficient (Wildman–Crippen LogP) is 3.65. The third kappa shape index (κ3) is 3.96. The molecule has 0 spiro atoms. The lowest BCUT2D eigenvalue weighted by molar-refractivity contribution is 0.102. The van der Waals surface area contributed by atoms with Gasteiger partial charge in [-0.2, -0.15) is 0 Å². The Hall–Kier alpha value is -1.88. The maximum atomic E-state index is 12.7. The van der Waals surface area contributed by atoms with Gasteiger partial charge >= 0.3 is 0 Å². The number of aromatic nitrogens is 1. The van der Waals surface area contributed by atoms with Crippen LogP contribution in [0.3, 0.4) is 0 Å². The fourth-order valence-electron chi connectivity index (χ4n) is 3.04. The predicted molar refractivity (Wildman–Crippen MR) is 98.8 cm³/mol. The van der Waals surface area contributed by atoms with E-state index in [1.165, 1.54) is 12.8 Å². The molecule has 1 aliphatic rings. The molecule has 1 fully saturated rings. The second kappa shape index (κ2) is 6.93. The Morgan fingerprint density at radius 2 is 2.04 bits per heavy atom. The zero-order valence-corrected chi connectivity index (χ0v) is 15.3. The van der Waals surface area contributed by atoms with Crippen LogP contribution in [0.4, 0.5) is 5.69 Å². The lowest BCUT2D eigenvalue weighted by atomic mass is 10.2. The molecule has 0 radical (unpaired) electrons. The normalized spacial score (nSPS) is 15.3. The summed E-state index contributed by atoms with van der Waals surface area (Å²) in [5.41, 5.74) is 4.61. The van der Waals surface area contributed by atoms with E-state index in [9.17, 15) is 9.00 Å². The molecular weight excluding hydrogens is 320 g/mol. The van der Waals surface area contributed by atoms with Gasteiger partial charge in [-0.05, 0) is 56.4 Å². The van der Waals surface area contributed by atoms with E-state index in [1.54, 1.807) is 6.26 Å². The smallest absolute Gasteiger partial charge is 0.257 e. The van der Waals surface area contributed by atoms with Crippen molar-refractivity contribution in [2.45, 2.75) is 39.0 Å². The fraction of sp³-hybridized carbons (Fsp3) is 0.421. The summed E-state index contributed by atoms with van der Waals surface area (Å²) in [5.74, 6) is 1.19. The van der Waals surface area contributed by atoms with Crippen LogP contribution in [0.1, 0.15) is 40.2 Å². The summed E-state index contributed by atoms with van der Waals surface area (Å²) < 4.78 is 13.6. The van der Waals surface area contributed by atoms with E-state index in [2.05, 4.69) is 16.8 Å². The number of anilines is 1. The summed E-state index contributed by atoms with van der Waals surface area (Å²) in [7, 11) is -0.893. The molecule has 0 saturated heterocycles. The number of benzene rings is 1. The molecule has 24 heavy (non-hydrogen) atoms. The highest BCUT2D eigenvalue weighted by Crippen LogP contribution is 2.32. The largest absolute Gasteiger partial charge is 0.348 e. The number of carbonyl (C=O) groups is 1. The summed E-state index contributed by atoms with van der Waals surface area (Å²) in [5, 5.41) is 2.97. The summed E-state index contributed by atoms with van der Waals surface area (Å²) in [6.45, 7) is 5.09. The average Bonchev–Trinajstić information content (AvgIpc) is 3.28. The molecule has 0 bridgehead atoms. The maximum absolute atomic E-state index is 12.7. The van der Waals surface area contributed by atoms with Crippen molar-refractivity contribution in [3.63, 3.8) is 0 Å². The van der Waals surface area contributed by atoms with Crippen molar-refractivity contribution in [1.82, 2.24) is 4.57 Å². The molecule has 1 N–H and O–H groups in total. The number of aryl methyl sites for hydroxylation is 1. The molecule has 3 rings (SSSR count). The summed E-state index contributed by atoms with van der Waals surface area (Å²) in [4.78, 5) is 12.7. The lowest BCUT2D eigenvalue weighted by Gasteiger charge is -2.10. The highest BCUT2D eigenvalue weighted by Gasteiger charge is 2.24. The van der Waals surface area contributed by atoms with Gasteiger partial charge in [-0.25, -0.2) is 0 Å². The third-order valence-electron chi connectivity index (χ3n) is 4.51. The van der Waals surface area contributed by atoms with Gasteiger partial charge < -0.3 is 9.88 Å². The molecule has 1 aromatic heterocycles. The first-order valence-corrected chi connectivity index (χ1v) is 10.0. The summed E-state index contributed by atoms with van der Waals surface area (Å²) >= 11 is 0. The zero-order valence-electron chi connectivity index (χ0n) is 14.5. The topological polar surface area (TPSA) is 51.1 Å². The molecular formula is C19H24N2O2S. The maximum Gasteiger partial charge on any atom is 0.257 e. The van der Waals surface area contributed by atoms with Gasteiger partial charge in [-0.1, -0.05) is 12.1 Å². The van der Waals surface area contributed by atoms with Crippen molar-refractivity contribution in [3.05, 3.63) is 52.8 Å². The minimum Gasteiger partial charge on any atom is -0.348 e. The molecule has 1 amide bonds. The molecule has 1 aliphatic carbocycles. The van der Waals surface area contributed by atoms with Crippen LogP contribution in [0.15, 0.2) is 30.3 Å². The van der Waals surface area contributed by atoms with Crippen LogP contribution in [0.25, 0.3) is 0 Å². The number of nitrogens with zero attached hydrogens (tertiary/aromatic N) is 1. The molecule has 1 aromatic carbocycles. The molecule has 1 heterocycles. The Morgan fingerprint density at radius 1 is 1.29 bits per heavy atom. The third-order valence-corrected chi connectivity index (χ3v) is 5.25. The van der Waals surface area contributed by atoms with Crippen LogP contribution in [0.2, 0.25) is 0 Å². The lowest BCUT2D eigenvalue weighted by Crippen LogP contribution is -2.14. The van der Waals surface area contributed by atoms with Gasteiger partial charge in [-0.3, -0.25) is 9.00 Å². The molecule has 1 unspecified atom stereocenters. The number of carbonyl (C=O) groups excluding carboxylic acids is 1. The monoisotopic (exact) mass is 344 g/mol. The number of hydrogen-bond acceptors (Lipinski definition) is 2. The van der Waals surface area contributed by atoms with Crippen molar-refractivity contribution in [1.29, 1.82) is 0 Å². The Balaban J connectivity index is 1.76. The highest BCUT2D eigenvalue weighted by molar-refractivity contribution is 7.83. The van der Waals surface area contributed by atoms with Gasteiger partial charge in [0.1, 0.15) is 0 Å². The first kappa shape index (κ1) is 17.0. The van der Waals surface area contributed by atoms with Crippen LogP contribution in [-0.2, 0) is 23.1 Å².